The highest BCUT2D eigenvalue weighted by Crippen LogP contribution is 2.32. The first-order chi connectivity index (χ1) is 5.56. The highest BCUT2D eigenvalue weighted by atomic mass is 16.5. The monoisotopic (exact) mass is 166 g/mol. The molecule has 0 aromatic rings. The Morgan fingerprint density at radius 1 is 1.58 bits per heavy atom. The third-order valence-corrected chi connectivity index (χ3v) is 2.85. The zero-order chi connectivity index (χ0) is 9.19. The predicted octanol–water partition coefficient (Wildman–Crippen LogP) is 2.85. The van der Waals surface area contributed by atoms with E-state index in [0.29, 0.717) is 5.92 Å². The van der Waals surface area contributed by atoms with E-state index in [9.17, 15) is 0 Å². The number of methoxy groups -OCH3 is 1. The summed E-state index contributed by atoms with van der Waals surface area (Å²) >= 11 is 0. The summed E-state index contributed by atoms with van der Waals surface area (Å²) in [6.07, 6.45) is 7.75. The highest BCUT2D eigenvalue weighted by Gasteiger charge is 2.29. The molecular weight excluding hydrogens is 148 g/mol. The van der Waals surface area contributed by atoms with Crippen molar-refractivity contribution < 1.29 is 4.74 Å². The first-order valence-electron chi connectivity index (χ1n) is 4.52. The molecule has 0 fully saturated rings. The van der Waals surface area contributed by atoms with Crippen LogP contribution >= 0.6 is 0 Å². The van der Waals surface area contributed by atoms with Crippen molar-refractivity contribution in [2.75, 3.05) is 7.11 Å². The number of hydrogen-bond donors (Lipinski definition) is 0. The second-order valence-electron chi connectivity index (χ2n) is 4.01. The van der Waals surface area contributed by atoms with E-state index >= 15 is 0 Å². The normalized spacial score (nSPS) is 25.3. The Hall–Kier alpha value is -0.300. The molecule has 0 saturated heterocycles. The van der Waals surface area contributed by atoms with Crippen LogP contribution in [-0.2, 0) is 4.74 Å². The number of allylic oxidation sites excluding steroid dienone is 2. The molecule has 0 amide bonds. The molecule has 0 aromatic heterocycles. The van der Waals surface area contributed by atoms with Gasteiger partial charge in [-0.1, -0.05) is 11.6 Å². The molecule has 0 saturated carbocycles. The molecule has 1 atom stereocenters. The highest BCUT2D eigenvalue weighted by molar-refractivity contribution is 5.15. The van der Waals surface area contributed by atoms with Crippen LogP contribution in [0.5, 0.6) is 0 Å². The van der Waals surface area contributed by atoms with E-state index in [2.05, 4.69) is 33.3 Å². The molecule has 0 N–H and O–H groups in total. The van der Waals surface area contributed by atoms with Crippen molar-refractivity contribution >= 4 is 0 Å². The van der Waals surface area contributed by atoms with Crippen molar-refractivity contribution in [1.82, 2.24) is 0 Å². The second-order valence-corrected chi connectivity index (χ2v) is 4.01. The topological polar surface area (TPSA) is 9.23 Å². The molecule has 1 rings (SSSR count). The van der Waals surface area contributed by atoms with Crippen molar-refractivity contribution in [3.8, 4) is 0 Å². The molecule has 1 aliphatic rings. The van der Waals surface area contributed by atoms with Gasteiger partial charge in [0.1, 0.15) is 0 Å². The second kappa shape index (κ2) is 3.61. The van der Waals surface area contributed by atoms with E-state index < -0.39 is 0 Å². The summed E-state index contributed by atoms with van der Waals surface area (Å²) in [6, 6.07) is 0. The fourth-order valence-corrected chi connectivity index (χ4v) is 1.45. The lowest BCUT2D eigenvalue weighted by molar-refractivity contribution is -0.0280. The van der Waals surface area contributed by atoms with Crippen molar-refractivity contribution in [1.29, 1.82) is 0 Å². The van der Waals surface area contributed by atoms with Crippen LogP contribution in [0.1, 0.15) is 33.6 Å². The average molecular weight is 166 g/mol. The maximum absolute atomic E-state index is 5.44. The van der Waals surface area contributed by atoms with E-state index in [1.807, 2.05) is 0 Å². The molecule has 0 bridgehead atoms. The Morgan fingerprint density at radius 2 is 2.25 bits per heavy atom. The molecule has 2 radical (unpaired) electrons. The zero-order valence-electron chi connectivity index (χ0n) is 8.48. The lowest BCUT2D eigenvalue weighted by Crippen LogP contribution is -2.34. The smallest absolute Gasteiger partial charge is 0.0654 e. The predicted molar refractivity (Wildman–Crippen MR) is 50.8 cm³/mol. The SMILES string of the molecule is COC(C)(C)C1C[C]C(C)=CC1. The number of ether oxygens (including phenoxy) is 1. The van der Waals surface area contributed by atoms with E-state index in [-0.39, 0.29) is 5.60 Å². The van der Waals surface area contributed by atoms with Crippen LogP contribution < -0.4 is 0 Å². The largest absolute Gasteiger partial charge is 0.379 e. The van der Waals surface area contributed by atoms with Gasteiger partial charge in [-0.05, 0) is 39.5 Å². The van der Waals surface area contributed by atoms with Crippen LogP contribution in [0.15, 0.2) is 11.6 Å². The minimum atomic E-state index is -0.00972. The van der Waals surface area contributed by atoms with Gasteiger partial charge in [-0.2, -0.15) is 0 Å². The Kier molecular flexibility index (Phi) is 2.94. The molecule has 68 valence electrons. The van der Waals surface area contributed by atoms with Crippen LogP contribution in [-0.4, -0.2) is 12.7 Å². The van der Waals surface area contributed by atoms with Crippen LogP contribution in [0, 0.1) is 12.3 Å². The van der Waals surface area contributed by atoms with Gasteiger partial charge in [-0.15, -0.1) is 0 Å². The van der Waals surface area contributed by atoms with Crippen molar-refractivity contribution in [2.24, 2.45) is 5.92 Å². The minimum Gasteiger partial charge on any atom is -0.379 e. The van der Waals surface area contributed by atoms with Gasteiger partial charge in [0.25, 0.3) is 0 Å². The lowest BCUT2D eigenvalue weighted by atomic mass is 9.80. The van der Waals surface area contributed by atoms with E-state index in [0.717, 1.165) is 12.8 Å². The molecule has 0 heterocycles. The van der Waals surface area contributed by atoms with Gasteiger partial charge in [0.05, 0.1) is 5.60 Å². The molecule has 1 aliphatic carbocycles. The van der Waals surface area contributed by atoms with Crippen LogP contribution in [0.3, 0.4) is 0 Å². The third kappa shape index (κ3) is 2.10. The van der Waals surface area contributed by atoms with E-state index in [4.69, 9.17) is 4.74 Å². The molecule has 0 aliphatic heterocycles. The summed E-state index contributed by atoms with van der Waals surface area (Å²) in [5, 5.41) is 0. The standard InChI is InChI=1S/C11H18O/c1-9-5-7-10(8-6-9)11(2,3)12-4/h5,10H,7-8H2,1-4H3. The van der Waals surface area contributed by atoms with Crippen molar-refractivity contribution in [2.45, 2.75) is 39.2 Å². The van der Waals surface area contributed by atoms with E-state index in [1.165, 1.54) is 5.57 Å². The van der Waals surface area contributed by atoms with Gasteiger partial charge in [-0.3, -0.25) is 0 Å². The molecule has 1 heteroatoms. The van der Waals surface area contributed by atoms with Gasteiger partial charge >= 0.3 is 0 Å². The van der Waals surface area contributed by atoms with E-state index in [1.54, 1.807) is 7.11 Å². The van der Waals surface area contributed by atoms with Crippen molar-refractivity contribution in [3.63, 3.8) is 0 Å². The molecule has 0 spiro atoms. The fraction of sp³-hybridized carbons (Fsp3) is 0.727. The van der Waals surface area contributed by atoms with Gasteiger partial charge in [0.2, 0.25) is 0 Å². The third-order valence-electron chi connectivity index (χ3n) is 2.85. The molecule has 1 unspecified atom stereocenters. The number of rotatable bonds is 2. The fourth-order valence-electron chi connectivity index (χ4n) is 1.45. The Morgan fingerprint density at radius 3 is 2.67 bits per heavy atom. The van der Waals surface area contributed by atoms with Crippen LogP contribution in [0.4, 0.5) is 0 Å². The molecule has 1 nitrogen and oxygen atoms in total. The summed E-state index contributed by atoms with van der Waals surface area (Å²) < 4.78 is 5.44. The molecule has 0 aromatic carbocycles. The first-order valence-corrected chi connectivity index (χ1v) is 4.52. The maximum Gasteiger partial charge on any atom is 0.0654 e. The number of hydrogen-bond acceptors (Lipinski definition) is 1. The Labute approximate surface area is 75.8 Å². The van der Waals surface area contributed by atoms with Gasteiger partial charge < -0.3 is 4.74 Å². The lowest BCUT2D eigenvalue weighted by Gasteiger charge is -2.34. The molecule has 12 heavy (non-hydrogen) atoms. The van der Waals surface area contributed by atoms with Crippen molar-refractivity contribution in [3.05, 3.63) is 18.1 Å². The maximum atomic E-state index is 5.44. The van der Waals surface area contributed by atoms with Gasteiger partial charge in [0.15, 0.2) is 0 Å². The molecular formula is C11H18O. The minimum absolute atomic E-state index is 0.00972. The van der Waals surface area contributed by atoms with Gasteiger partial charge in [-0.25, -0.2) is 0 Å². The van der Waals surface area contributed by atoms with Gasteiger partial charge in [0, 0.05) is 13.5 Å². The first kappa shape index (κ1) is 9.79. The van der Waals surface area contributed by atoms with Crippen LogP contribution in [0.25, 0.3) is 0 Å². The summed E-state index contributed by atoms with van der Waals surface area (Å²) in [4.78, 5) is 0. The zero-order valence-corrected chi connectivity index (χ0v) is 8.48. The van der Waals surface area contributed by atoms with Crippen LogP contribution in [0.2, 0.25) is 0 Å². The summed E-state index contributed by atoms with van der Waals surface area (Å²) in [6.45, 7) is 6.40. The summed E-state index contributed by atoms with van der Waals surface area (Å²) in [7, 11) is 1.78. The summed E-state index contributed by atoms with van der Waals surface area (Å²) in [5.41, 5.74) is 1.28. The Bertz CT molecular complexity index is 179. The quantitative estimate of drug-likeness (QED) is 0.613. The summed E-state index contributed by atoms with van der Waals surface area (Å²) in [5.74, 6) is 0.589. The average Bonchev–Trinajstić information content (AvgIpc) is 2.05. The Balaban J connectivity index is 2.56.